The second-order valence-corrected chi connectivity index (χ2v) is 11.1. The number of alkyl halides is 3. The van der Waals surface area contributed by atoms with E-state index in [-0.39, 0.29) is 5.75 Å². The van der Waals surface area contributed by atoms with E-state index in [4.69, 9.17) is 0 Å². The molecule has 0 aromatic carbocycles. The van der Waals surface area contributed by atoms with Crippen molar-refractivity contribution < 1.29 is 25.9 Å². The van der Waals surface area contributed by atoms with E-state index >= 15 is 0 Å². The fourth-order valence-electron chi connectivity index (χ4n) is 1.90. The van der Waals surface area contributed by atoms with E-state index in [2.05, 4.69) is 10.9 Å². The number of nitrogens with zero attached hydrogens (tertiary/aromatic N) is 1. The quantitative estimate of drug-likeness (QED) is 0.443. The van der Waals surface area contributed by atoms with Gasteiger partial charge in [-0.3, -0.25) is 0 Å². The zero-order valence-corrected chi connectivity index (χ0v) is 12.1. The van der Waals surface area contributed by atoms with Crippen molar-refractivity contribution in [1.29, 1.82) is 0 Å². The van der Waals surface area contributed by atoms with Crippen LogP contribution in [0.3, 0.4) is 0 Å². The maximum absolute atomic E-state index is 12.1. The molecule has 0 spiro atoms. The largest absolute Gasteiger partial charge is 0.483 e. The lowest BCUT2D eigenvalue weighted by Gasteiger charge is -2.20. The van der Waals surface area contributed by atoms with Crippen molar-refractivity contribution in [2.45, 2.75) is 19.1 Å². The smallest absolute Gasteiger partial charge is 0.198 e. The molecule has 1 rings (SSSR count). The number of halogens is 3. The molecule has 0 aromatic rings. The topological polar surface area (TPSA) is 46.6 Å². The van der Waals surface area contributed by atoms with Crippen molar-refractivity contribution in [3.8, 4) is 0 Å². The molecule has 1 aliphatic rings. The Morgan fingerprint density at radius 2 is 1.78 bits per heavy atom. The predicted molar refractivity (Wildman–Crippen MR) is 65.4 cm³/mol. The first-order valence-electron chi connectivity index (χ1n) is 5.60. The highest BCUT2D eigenvalue weighted by atomic mass is 32.2. The van der Waals surface area contributed by atoms with Gasteiger partial charge < -0.3 is 0 Å². The molecule has 0 radical (unpaired) electrons. The molecule has 1 aliphatic heterocycles. The first-order chi connectivity index (χ1) is 8.04. The van der Waals surface area contributed by atoms with Gasteiger partial charge in [0.15, 0.2) is 0 Å². The molecule has 0 amide bonds. The van der Waals surface area contributed by atoms with Crippen molar-refractivity contribution >= 4 is 17.4 Å². The van der Waals surface area contributed by atoms with Crippen LogP contribution in [0.1, 0.15) is 12.8 Å². The molecule has 0 saturated carbocycles. The van der Waals surface area contributed by atoms with Crippen LogP contribution in [0.15, 0.2) is 0 Å². The second-order valence-electron chi connectivity index (χ2n) is 4.80. The van der Waals surface area contributed by atoms with Crippen LogP contribution in [-0.4, -0.2) is 57.7 Å². The van der Waals surface area contributed by atoms with Gasteiger partial charge in [-0.05, 0) is 12.8 Å². The van der Waals surface area contributed by atoms with Crippen LogP contribution in [0.2, 0.25) is 0 Å². The number of hydrogen-bond acceptors (Lipinski definition) is 4. The number of hydroxylamine groups is 2. The van der Waals surface area contributed by atoms with Gasteiger partial charge in [0.1, 0.15) is 5.75 Å². The van der Waals surface area contributed by atoms with E-state index in [0.29, 0.717) is 13.2 Å². The van der Waals surface area contributed by atoms with E-state index in [1.54, 1.807) is 0 Å². The standard InChI is InChI=1S/C9H18F3NO3PS/c1-13(9(10,11)12)16-18(14,15)8-7-17(2)5-3-4-6-17/h3-8H2,1-2H3/q+1. The highest BCUT2D eigenvalue weighted by Gasteiger charge is 2.41. The van der Waals surface area contributed by atoms with Gasteiger partial charge in [0.25, 0.3) is 10.1 Å². The van der Waals surface area contributed by atoms with Crippen LogP contribution < -0.4 is 0 Å². The fraction of sp³-hybridized carbons (Fsp3) is 1.00. The summed E-state index contributed by atoms with van der Waals surface area (Å²) in [4.78, 5) is 0. The third-order valence-electron chi connectivity index (χ3n) is 3.11. The maximum Gasteiger partial charge on any atom is 0.483 e. The Kier molecular flexibility index (Phi) is 5.03. The summed E-state index contributed by atoms with van der Waals surface area (Å²) in [5.41, 5.74) is 0. The molecule has 0 N–H and O–H groups in total. The Hall–Kier alpha value is 0.0900. The molecular formula is C9H18F3NO3PS+. The first-order valence-corrected chi connectivity index (χ1v) is 9.97. The van der Waals surface area contributed by atoms with Crippen LogP contribution in [0.5, 0.6) is 0 Å². The fourth-order valence-corrected chi connectivity index (χ4v) is 7.71. The first kappa shape index (κ1) is 16.1. The van der Waals surface area contributed by atoms with E-state index in [9.17, 15) is 21.6 Å². The molecule has 4 nitrogen and oxygen atoms in total. The minimum absolute atomic E-state index is 0.336. The lowest BCUT2D eigenvalue weighted by Crippen LogP contribution is -2.37. The van der Waals surface area contributed by atoms with E-state index < -0.39 is 28.7 Å². The SMILES string of the molecule is CN(OS(=O)(=O)CC[P+]1(C)CCCC1)C(F)(F)F. The summed E-state index contributed by atoms with van der Waals surface area (Å²) < 4.78 is 63.3. The molecular weight excluding hydrogens is 290 g/mol. The van der Waals surface area contributed by atoms with Gasteiger partial charge in [-0.2, -0.15) is 25.9 Å². The Morgan fingerprint density at radius 3 is 2.22 bits per heavy atom. The van der Waals surface area contributed by atoms with E-state index in [0.717, 1.165) is 25.2 Å². The van der Waals surface area contributed by atoms with Crippen molar-refractivity contribution in [2.24, 2.45) is 0 Å². The molecule has 18 heavy (non-hydrogen) atoms. The second kappa shape index (κ2) is 5.61. The van der Waals surface area contributed by atoms with Gasteiger partial charge in [-0.25, -0.2) is 0 Å². The summed E-state index contributed by atoms with van der Waals surface area (Å²) in [6.07, 6.45) is -0.128. The third-order valence-corrected chi connectivity index (χ3v) is 8.66. The molecule has 1 saturated heterocycles. The number of rotatable bonds is 5. The van der Waals surface area contributed by atoms with E-state index in [1.807, 2.05) is 0 Å². The van der Waals surface area contributed by atoms with Gasteiger partial charge >= 0.3 is 6.30 Å². The van der Waals surface area contributed by atoms with Crippen LogP contribution in [0.4, 0.5) is 13.2 Å². The Labute approximate surface area is 106 Å². The van der Waals surface area contributed by atoms with E-state index in [1.165, 1.54) is 0 Å². The van der Waals surface area contributed by atoms with Crippen LogP contribution in [0.25, 0.3) is 0 Å². The molecule has 0 unspecified atom stereocenters. The molecule has 108 valence electrons. The van der Waals surface area contributed by atoms with Crippen molar-refractivity contribution in [3.63, 3.8) is 0 Å². The minimum Gasteiger partial charge on any atom is -0.198 e. The summed E-state index contributed by atoms with van der Waals surface area (Å²) in [5.74, 6) is -0.336. The Balaban J connectivity index is 2.50. The van der Waals surface area contributed by atoms with Crippen molar-refractivity contribution in [3.05, 3.63) is 0 Å². The van der Waals surface area contributed by atoms with Gasteiger partial charge in [0.2, 0.25) is 0 Å². The Morgan fingerprint density at radius 1 is 1.28 bits per heavy atom. The third kappa shape index (κ3) is 4.99. The summed E-state index contributed by atoms with van der Waals surface area (Å²) in [7, 11) is -4.87. The zero-order chi connectivity index (χ0) is 14.0. The average Bonchev–Trinajstić information content (AvgIpc) is 2.61. The monoisotopic (exact) mass is 308 g/mol. The van der Waals surface area contributed by atoms with Crippen molar-refractivity contribution in [1.82, 2.24) is 5.06 Å². The lowest BCUT2D eigenvalue weighted by atomic mass is 10.4. The highest BCUT2D eigenvalue weighted by Crippen LogP contribution is 2.60. The molecule has 9 heteroatoms. The van der Waals surface area contributed by atoms with Crippen LogP contribution in [0, 0.1) is 0 Å². The summed E-state index contributed by atoms with van der Waals surface area (Å²) in [5, 5.41) is -0.572. The highest BCUT2D eigenvalue weighted by molar-refractivity contribution is 7.87. The van der Waals surface area contributed by atoms with Gasteiger partial charge in [-0.1, -0.05) is 5.06 Å². The predicted octanol–water partition coefficient (Wildman–Crippen LogP) is 2.14. The average molecular weight is 308 g/mol. The summed E-state index contributed by atoms with van der Waals surface area (Å²) >= 11 is 0. The van der Waals surface area contributed by atoms with Crippen LogP contribution in [-0.2, 0) is 14.4 Å². The molecule has 0 atom stereocenters. The maximum atomic E-state index is 12.1. The normalized spacial score (nSPS) is 20.6. The van der Waals surface area contributed by atoms with Gasteiger partial charge in [0.05, 0.1) is 18.5 Å². The minimum atomic E-state index is -4.81. The Bertz CT molecular complexity index is 379. The molecule has 1 fully saturated rings. The van der Waals surface area contributed by atoms with Crippen molar-refractivity contribution in [2.75, 3.05) is 38.0 Å². The molecule has 1 heterocycles. The van der Waals surface area contributed by atoms with Crippen LogP contribution >= 0.6 is 7.26 Å². The molecule has 0 bridgehead atoms. The molecule has 0 aliphatic carbocycles. The van der Waals surface area contributed by atoms with Gasteiger partial charge in [-0.15, -0.1) is 0 Å². The van der Waals surface area contributed by atoms with Gasteiger partial charge in [0, 0.05) is 21.0 Å². The summed E-state index contributed by atoms with van der Waals surface area (Å²) in [6.45, 7) is 2.07. The molecule has 0 aromatic heterocycles. The zero-order valence-electron chi connectivity index (χ0n) is 10.4. The summed E-state index contributed by atoms with van der Waals surface area (Å²) in [6, 6.07) is 0. The number of hydrogen-bond donors (Lipinski definition) is 0. The lowest BCUT2D eigenvalue weighted by molar-refractivity contribution is -0.323.